The van der Waals surface area contributed by atoms with Gasteiger partial charge in [-0.25, -0.2) is 0 Å². The van der Waals surface area contributed by atoms with Crippen LogP contribution in [-0.4, -0.2) is 11.9 Å². The first-order valence-corrected chi connectivity index (χ1v) is 5.19. The van der Waals surface area contributed by atoms with Crippen LogP contribution < -0.4 is 11.1 Å². The number of amides is 1. The fourth-order valence-corrected chi connectivity index (χ4v) is 1.43. The van der Waals surface area contributed by atoms with Gasteiger partial charge in [-0.3, -0.25) is 10.1 Å². The number of nitrogens with one attached hydrogen (secondary N) is 1. The standard InChI is InChI=1S/C11H15ClN2O/c1-7(14-8(2)11(13)15)9-3-5-10(12)6-4-9/h3-8,14H,1-2H3,(H2,13,15). The molecular weight excluding hydrogens is 212 g/mol. The van der Waals surface area contributed by atoms with Crippen molar-refractivity contribution in [2.75, 3.05) is 0 Å². The van der Waals surface area contributed by atoms with Crippen LogP contribution in [0, 0.1) is 0 Å². The van der Waals surface area contributed by atoms with Crippen LogP contribution in [0.1, 0.15) is 25.5 Å². The minimum absolute atomic E-state index is 0.0739. The van der Waals surface area contributed by atoms with E-state index in [1.807, 2.05) is 31.2 Å². The van der Waals surface area contributed by atoms with Crippen LogP contribution in [0.3, 0.4) is 0 Å². The Bertz CT molecular complexity index is 337. The normalized spacial score (nSPS) is 14.6. The molecule has 0 radical (unpaired) electrons. The lowest BCUT2D eigenvalue weighted by Crippen LogP contribution is -2.39. The van der Waals surface area contributed by atoms with Gasteiger partial charge in [0, 0.05) is 11.1 Å². The molecule has 0 aliphatic rings. The van der Waals surface area contributed by atoms with Crippen LogP contribution in [-0.2, 0) is 4.79 Å². The van der Waals surface area contributed by atoms with Crippen molar-refractivity contribution >= 4 is 17.5 Å². The predicted molar refractivity (Wildman–Crippen MR) is 61.7 cm³/mol. The van der Waals surface area contributed by atoms with Crippen LogP contribution >= 0.6 is 11.6 Å². The maximum atomic E-state index is 10.9. The molecule has 82 valence electrons. The highest BCUT2D eigenvalue weighted by molar-refractivity contribution is 6.30. The zero-order chi connectivity index (χ0) is 11.4. The molecule has 0 aliphatic heterocycles. The van der Waals surface area contributed by atoms with E-state index in [-0.39, 0.29) is 18.0 Å². The minimum Gasteiger partial charge on any atom is -0.368 e. The second-order valence-corrected chi connectivity index (χ2v) is 4.00. The molecule has 0 spiro atoms. The molecule has 0 bridgehead atoms. The third-order valence-corrected chi connectivity index (χ3v) is 2.55. The lowest BCUT2D eigenvalue weighted by molar-refractivity contribution is -0.119. The van der Waals surface area contributed by atoms with Crippen LogP contribution in [0.15, 0.2) is 24.3 Å². The van der Waals surface area contributed by atoms with Crippen molar-refractivity contribution in [3.63, 3.8) is 0 Å². The molecule has 2 unspecified atom stereocenters. The van der Waals surface area contributed by atoms with E-state index in [9.17, 15) is 4.79 Å². The number of carbonyl (C=O) groups excluding carboxylic acids is 1. The highest BCUT2D eigenvalue weighted by Crippen LogP contribution is 2.16. The Kier molecular flexibility index (Phi) is 4.12. The minimum atomic E-state index is -0.351. The summed E-state index contributed by atoms with van der Waals surface area (Å²) in [5, 5.41) is 3.80. The Morgan fingerprint density at radius 2 is 1.87 bits per heavy atom. The zero-order valence-electron chi connectivity index (χ0n) is 8.83. The smallest absolute Gasteiger partial charge is 0.234 e. The maximum Gasteiger partial charge on any atom is 0.234 e. The molecule has 3 nitrogen and oxygen atoms in total. The van der Waals surface area contributed by atoms with Crippen molar-refractivity contribution in [3.05, 3.63) is 34.9 Å². The SMILES string of the molecule is CC(NC(C)c1ccc(Cl)cc1)C(N)=O. The lowest BCUT2D eigenvalue weighted by atomic mass is 10.1. The van der Waals surface area contributed by atoms with Crippen molar-refractivity contribution in [1.82, 2.24) is 5.32 Å². The largest absolute Gasteiger partial charge is 0.368 e. The third-order valence-electron chi connectivity index (χ3n) is 2.30. The van der Waals surface area contributed by atoms with Crippen LogP contribution in [0.2, 0.25) is 5.02 Å². The third kappa shape index (κ3) is 3.53. The van der Waals surface area contributed by atoms with Gasteiger partial charge in [-0.15, -0.1) is 0 Å². The number of rotatable bonds is 4. The number of halogens is 1. The Labute approximate surface area is 94.6 Å². The second-order valence-electron chi connectivity index (χ2n) is 3.56. The Morgan fingerprint density at radius 3 is 2.33 bits per heavy atom. The van der Waals surface area contributed by atoms with Crippen LogP contribution in [0.4, 0.5) is 0 Å². The average molecular weight is 227 g/mol. The fourth-order valence-electron chi connectivity index (χ4n) is 1.30. The van der Waals surface area contributed by atoms with Gasteiger partial charge in [-0.05, 0) is 31.5 Å². The predicted octanol–water partition coefficient (Wildman–Crippen LogP) is 1.86. The first kappa shape index (κ1) is 12.0. The molecule has 1 aromatic carbocycles. The summed E-state index contributed by atoms with van der Waals surface area (Å²) in [6.07, 6.45) is 0. The molecule has 0 saturated carbocycles. The Hall–Kier alpha value is -1.06. The van der Waals surface area contributed by atoms with E-state index in [2.05, 4.69) is 5.32 Å². The average Bonchev–Trinajstić information content (AvgIpc) is 2.18. The van der Waals surface area contributed by atoms with E-state index in [1.165, 1.54) is 0 Å². The molecule has 0 heterocycles. The molecule has 2 atom stereocenters. The highest BCUT2D eigenvalue weighted by atomic mass is 35.5. The molecule has 0 aromatic heterocycles. The summed E-state index contributed by atoms with van der Waals surface area (Å²) in [6.45, 7) is 3.72. The number of primary amides is 1. The van der Waals surface area contributed by atoms with Crippen molar-refractivity contribution in [2.45, 2.75) is 25.9 Å². The van der Waals surface area contributed by atoms with E-state index in [0.29, 0.717) is 5.02 Å². The summed E-state index contributed by atoms with van der Waals surface area (Å²) >= 11 is 5.78. The first-order valence-electron chi connectivity index (χ1n) is 4.81. The van der Waals surface area contributed by atoms with Gasteiger partial charge in [0.1, 0.15) is 0 Å². The maximum absolute atomic E-state index is 10.9. The summed E-state index contributed by atoms with van der Waals surface area (Å²) in [7, 11) is 0. The Balaban J connectivity index is 2.64. The summed E-state index contributed by atoms with van der Waals surface area (Å²) in [5.41, 5.74) is 6.24. The van der Waals surface area contributed by atoms with Gasteiger partial charge in [0.25, 0.3) is 0 Å². The molecule has 0 aliphatic carbocycles. The van der Waals surface area contributed by atoms with Crippen molar-refractivity contribution in [2.24, 2.45) is 5.73 Å². The van der Waals surface area contributed by atoms with Crippen molar-refractivity contribution in [3.8, 4) is 0 Å². The van der Waals surface area contributed by atoms with E-state index in [1.54, 1.807) is 6.92 Å². The van der Waals surface area contributed by atoms with E-state index < -0.39 is 0 Å². The number of benzene rings is 1. The molecule has 0 fully saturated rings. The molecule has 4 heteroatoms. The number of hydrogen-bond donors (Lipinski definition) is 2. The van der Waals surface area contributed by atoms with Gasteiger partial charge in [-0.2, -0.15) is 0 Å². The quantitative estimate of drug-likeness (QED) is 0.824. The number of hydrogen-bond acceptors (Lipinski definition) is 2. The van der Waals surface area contributed by atoms with Gasteiger partial charge in [-0.1, -0.05) is 23.7 Å². The highest BCUT2D eigenvalue weighted by Gasteiger charge is 2.12. The molecule has 3 N–H and O–H groups in total. The van der Waals surface area contributed by atoms with Crippen molar-refractivity contribution in [1.29, 1.82) is 0 Å². The van der Waals surface area contributed by atoms with Gasteiger partial charge in [0.2, 0.25) is 5.91 Å². The first-order chi connectivity index (χ1) is 7.00. The van der Waals surface area contributed by atoms with Gasteiger partial charge in [0.05, 0.1) is 6.04 Å². The topological polar surface area (TPSA) is 55.1 Å². The number of carbonyl (C=O) groups is 1. The molecular formula is C11H15ClN2O. The van der Waals surface area contributed by atoms with Gasteiger partial charge in [0.15, 0.2) is 0 Å². The molecule has 1 amide bonds. The fraction of sp³-hybridized carbons (Fsp3) is 0.364. The van der Waals surface area contributed by atoms with Crippen molar-refractivity contribution < 1.29 is 4.79 Å². The summed E-state index contributed by atoms with van der Waals surface area (Å²) < 4.78 is 0. The Morgan fingerprint density at radius 1 is 1.33 bits per heavy atom. The van der Waals surface area contributed by atoms with Crippen LogP contribution in [0.5, 0.6) is 0 Å². The molecule has 1 rings (SSSR count). The van der Waals surface area contributed by atoms with Gasteiger partial charge < -0.3 is 5.73 Å². The monoisotopic (exact) mass is 226 g/mol. The van der Waals surface area contributed by atoms with Gasteiger partial charge >= 0.3 is 0 Å². The number of nitrogens with two attached hydrogens (primary N) is 1. The van der Waals surface area contributed by atoms with E-state index >= 15 is 0 Å². The molecule has 0 saturated heterocycles. The molecule has 1 aromatic rings. The summed E-state index contributed by atoms with van der Waals surface area (Å²) in [4.78, 5) is 10.9. The summed E-state index contributed by atoms with van der Waals surface area (Å²) in [6, 6.07) is 7.23. The second kappa shape index (κ2) is 5.14. The lowest BCUT2D eigenvalue weighted by Gasteiger charge is -2.17. The molecule has 15 heavy (non-hydrogen) atoms. The van der Waals surface area contributed by atoms with E-state index in [0.717, 1.165) is 5.56 Å². The summed E-state index contributed by atoms with van der Waals surface area (Å²) in [5.74, 6) is -0.351. The van der Waals surface area contributed by atoms with E-state index in [4.69, 9.17) is 17.3 Å². The van der Waals surface area contributed by atoms with Crippen LogP contribution in [0.25, 0.3) is 0 Å². The zero-order valence-corrected chi connectivity index (χ0v) is 9.58.